The molecule has 1 aliphatic heterocycles. The second-order valence-electron chi connectivity index (χ2n) is 12.2. The second-order valence-corrected chi connectivity index (χ2v) is 12.2. The van der Waals surface area contributed by atoms with E-state index in [1.165, 1.54) is 98.5 Å². The number of unbranched alkanes of at least 4 members (excludes halogenated alkanes) is 7. The lowest BCUT2D eigenvalue weighted by Crippen LogP contribution is -2.10. The van der Waals surface area contributed by atoms with E-state index in [2.05, 4.69) is 67.3 Å². The van der Waals surface area contributed by atoms with Gasteiger partial charge in [-0.2, -0.15) is 0 Å². The number of aromatic hydroxyl groups is 1. The molecule has 236 valence electrons. The van der Waals surface area contributed by atoms with Crippen LogP contribution < -0.4 is 5.32 Å². The lowest BCUT2D eigenvalue weighted by Gasteiger charge is -2.24. The van der Waals surface area contributed by atoms with Crippen molar-refractivity contribution < 1.29 is 9.90 Å². The van der Waals surface area contributed by atoms with Crippen molar-refractivity contribution in [2.75, 3.05) is 5.32 Å². The van der Waals surface area contributed by atoms with Crippen LogP contribution in [-0.4, -0.2) is 11.0 Å². The van der Waals surface area contributed by atoms with Gasteiger partial charge in [0.1, 0.15) is 5.75 Å². The van der Waals surface area contributed by atoms with Gasteiger partial charge in [-0.3, -0.25) is 4.79 Å². The Kier molecular flexibility index (Phi) is 18.9. The van der Waals surface area contributed by atoms with Crippen molar-refractivity contribution in [3.63, 3.8) is 0 Å². The molecule has 1 aromatic rings. The van der Waals surface area contributed by atoms with E-state index in [4.69, 9.17) is 0 Å². The fraction of sp³-hybridized carbons (Fsp3) is 0.615. The summed E-state index contributed by atoms with van der Waals surface area (Å²) in [6.07, 6.45) is 20.7. The molecule has 0 bridgehead atoms. The van der Waals surface area contributed by atoms with Crippen LogP contribution in [0.2, 0.25) is 0 Å². The van der Waals surface area contributed by atoms with Crippen LogP contribution in [0.25, 0.3) is 5.57 Å². The Labute approximate surface area is 259 Å². The number of allylic oxidation sites excluding steroid dienone is 6. The zero-order valence-electron chi connectivity index (χ0n) is 28.6. The van der Waals surface area contributed by atoms with Crippen LogP contribution in [0.1, 0.15) is 164 Å². The Bertz CT molecular complexity index is 1070. The smallest absolute Gasteiger partial charge is 0.256 e. The van der Waals surface area contributed by atoms with E-state index in [9.17, 15) is 9.90 Å². The average molecular weight is 578 g/mol. The molecule has 0 saturated heterocycles. The van der Waals surface area contributed by atoms with Gasteiger partial charge in [-0.1, -0.05) is 117 Å². The average Bonchev–Trinajstić information content (AvgIpc) is 3.68. The summed E-state index contributed by atoms with van der Waals surface area (Å²) < 4.78 is 0. The summed E-state index contributed by atoms with van der Waals surface area (Å²) in [5.41, 5.74) is 10.5. The van der Waals surface area contributed by atoms with Crippen molar-refractivity contribution in [2.24, 2.45) is 0 Å². The van der Waals surface area contributed by atoms with Gasteiger partial charge in [0.05, 0.1) is 11.3 Å². The molecule has 1 fully saturated rings. The van der Waals surface area contributed by atoms with E-state index in [-0.39, 0.29) is 11.7 Å². The first-order valence-corrected chi connectivity index (χ1v) is 17.1. The Morgan fingerprint density at radius 3 is 1.90 bits per heavy atom. The minimum absolute atomic E-state index is 0.0527. The third-order valence-corrected chi connectivity index (χ3v) is 8.09. The van der Waals surface area contributed by atoms with Gasteiger partial charge >= 0.3 is 0 Å². The quantitative estimate of drug-likeness (QED) is 0.165. The topological polar surface area (TPSA) is 49.3 Å². The number of amides is 1. The molecule has 0 unspecified atom stereocenters. The lowest BCUT2D eigenvalue weighted by atomic mass is 9.80. The van der Waals surface area contributed by atoms with Gasteiger partial charge in [-0.15, -0.1) is 0 Å². The van der Waals surface area contributed by atoms with Gasteiger partial charge in [-0.05, 0) is 93.7 Å². The molecular weight excluding hydrogens is 514 g/mol. The summed E-state index contributed by atoms with van der Waals surface area (Å²) in [5.74, 6) is 0.124. The Morgan fingerprint density at radius 1 is 0.857 bits per heavy atom. The summed E-state index contributed by atoms with van der Waals surface area (Å²) in [6, 6.07) is 5.12. The standard InChI is InChI=1S/C22H27NO2.C10H22.C4H6.C3H8/c1-5-7-13(2)14(3)17-8-6-9-18(15(17)4)21-19-11-10-16(24)12-20(19)23-22(21)25;1-3-5-7-9-10-8-6-4-2;1-4-2-3-4;1-3-2/h10-12,24H,5-9H2,1-4H3,(H,23,25);3-10H2,1-2H3;1-3H2;3H2,1-2H3/b14-13-,21-18-;;;. The molecule has 3 heteroatoms. The number of fused-ring (bicyclic) bond motifs is 1. The highest BCUT2D eigenvalue weighted by atomic mass is 16.3. The fourth-order valence-corrected chi connectivity index (χ4v) is 5.36. The summed E-state index contributed by atoms with van der Waals surface area (Å²) in [4.78, 5) is 12.6. The number of phenolic OH excluding ortho intramolecular Hbond substituents is 1. The highest BCUT2D eigenvalue weighted by Crippen LogP contribution is 2.43. The number of hydrogen-bond acceptors (Lipinski definition) is 2. The van der Waals surface area contributed by atoms with Gasteiger partial charge in [0.25, 0.3) is 5.91 Å². The SMILES string of the molecule is C=C1CC1.CCC.CCC/C(C)=C(/C)C1=C(C)/C(=C2\C(=O)Nc3cc(O)ccc32)CCC1.CCCCCCCCCC. The first-order valence-electron chi connectivity index (χ1n) is 17.1. The monoisotopic (exact) mass is 577 g/mol. The van der Waals surface area contributed by atoms with Crippen molar-refractivity contribution in [1.82, 2.24) is 0 Å². The molecule has 4 rings (SSSR count). The summed E-state index contributed by atoms with van der Waals surface area (Å²) in [6.45, 7) is 21.3. The molecule has 3 aliphatic rings. The molecule has 42 heavy (non-hydrogen) atoms. The molecule has 0 atom stereocenters. The van der Waals surface area contributed by atoms with E-state index in [1.54, 1.807) is 12.1 Å². The number of carbonyl (C=O) groups excluding carboxylic acids is 1. The summed E-state index contributed by atoms with van der Waals surface area (Å²) >= 11 is 0. The van der Waals surface area contributed by atoms with E-state index < -0.39 is 0 Å². The normalized spacial score (nSPS) is 17.5. The van der Waals surface area contributed by atoms with Crippen molar-refractivity contribution in [3.05, 3.63) is 63.8 Å². The van der Waals surface area contributed by atoms with Crippen LogP contribution in [0.15, 0.2) is 58.2 Å². The summed E-state index contributed by atoms with van der Waals surface area (Å²) in [5, 5.41) is 12.6. The second kappa shape index (κ2) is 21.2. The molecule has 2 aliphatic carbocycles. The van der Waals surface area contributed by atoms with Crippen LogP contribution in [0.4, 0.5) is 5.69 Å². The number of nitrogens with one attached hydrogen (secondary N) is 1. The van der Waals surface area contributed by atoms with E-state index >= 15 is 0 Å². The minimum Gasteiger partial charge on any atom is -0.508 e. The largest absolute Gasteiger partial charge is 0.508 e. The first kappa shape index (κ1) is 37.5. The highest BCUT2D eigenvalue weighted by molar-refractivity contribution is 6.32. The molecular formula is C39H63NO2. The van der Waals surface area contributed by atoms with Crippen LogP contribution in [0.3, 0.4) is 0 Å². The third kappa shape index (κ3) is 13.2. The fourth-order valence-electron chi connectivity index (χ4n) is 5.36. The molecule has 1 amide bonds. The van der Waals surface area contributed by atoms with Crippen LogP contribution in [0.5, 0.6) is 5.75 Å². The minimum atomic E-state index is -0.0527. The zero-order chi connectivity index (χ0) is 31.5. The Morgan fingerprint density at radius 2 is 1.40 bits per heavy atom. The number of phenols is 1. The molecule has 1 saturated carbocycles. The van der Waals surface area contributed by atoms with Gasteiger partial charge in [-0.25, -0.2) is 0 Å². The predicted molar refractivity (Wildman–Crippen MR) is 186 cm³/mol. The summed E-state index contributed by atoms with van der Waals surface area (Å²) in [7, 11) is 0. The number of anilines is 1. The molecule has 2 N–H and O–H groups in total. The van der Waals surface area contributed by atoms with Gasteiger partial charge in [0.15, 0.2) is 0 Å². The molecule has 0 radical (unpaired) electrons. The van der Waals surface area contributed by atoms with Crippen molar-refractivity contribution in [2.45, 2.75) is 158 Å². The number of hydrogen-bond donors (Lipinski definition) is 2. The number of carbonyl (C=O) groups is 1. The van der Waals surface area contributed by atoms with Crippen LogP contribution in [0, 0.1) is 0 Å². The lowest BCUT2D eigenvalue weighted by molar-refractivity contribution is -0.110. The maximum atomic E-state index is 12.6. The van der Waals surface area contributed by atoms with E-state index in [0.717, 1.165) is 48.8 Å². The van der Waals surface area contributed by atoms with Crippen molar-refractivity contribution in [3.8, 4) is 5.75 Å². The third-order valence-electron chi connectivity index (χ3n) is 8.09. The number of rotatable bonds is 10. The van der Waals surface area contributed by atoms with Crippen molar-refractivity contribution >= 4 is 17.2 Å². The van der Waals surface area contributed by atoms with E-state index in [1.807, 2.05) is 6.07 Å². The van der Waals surface area contributed by atoms with Gasteiger partial charge in [0.2, 0.25) is 0 Å². The molecule has 1 heterocycles. The molecule has 1 aromatic carbocycles. The molecule has 3 nitrogen and oxygen atoms in total. The maximum Gasteiger partial charge on any atom is 0.256 e. The Hall–Kier alpha value is -2.55. The molecule has 0 aromatic heterocycles. The van der Waals surface area contributed by atoms with Gasteiger partial charge < -0.3 is 10.4 Å². The predicted octanol–water partition coefficient (Wildman–Crippen LogP) is 12.6. The number of benzene rings is 1. The van der Waals surface area contributed by atoms with Crippen molar-refractivity contribution in [1.29, 1.82) is 0 Å². The van der Waals surface area contributed by atoms with E-state index in [0.29, 0.717) is 5.69 Å². The highest BCUT2D eigenvalue weighted by Gasteiger charge is 2.30. The first-order chi connectivity index (χ1) is 20.2. The van der Waals surface area contributed by atoms with Gasteiger partial charge in [0, 0.05) is 11.6 Å². The maximum absolute atomic E-state index is 12.6. The zero-order valence-corrected chi connectivity index (χ0v) is 28.6. The Balaban J connectivity index is 0.000000425. The molecule has 0 spiro atoms. The van der Waals surface area contributed by atoms with Crippen LogP contribution in [-0.2, 0) is 4.79 Å². The van der Waals surface area contributed by atoms with Crippen LogP contribution >= 0.6 is 0 Å².